The number of cyclic esters (lactones) is 1. The molecule has 4 aliphatic heterocycles. The number of carbonyl (C=O) groups is 4. The van der Waals surface area contributed by atoms with Gasteiger partial charge in [-0.2, -0.15) is 0 Å². The van der Waals surface area contributed by atoms with Crippen LogP contribution in [-0.4, -0.2) is 104 Å². The first-order valence-corrected chi connectivity index (χ1v) is 17.4. The monoisotopic (exact) mass is 686 g/mol. The Hall–Kier alpha value is -4.52. The summed E-state index contributed by atoms with van der Waals surface area (Å²) >= 11 is 0. The highest BCUT2D eigenvalue weighted by Crippen LogP contribution is 2.53. The van der Waals surface area contributed by atoms with Crippen LogP contribution in [0.15, 0.2) is 78.9 Å². The summed E-state index contributed by atoms with van der Waals surface area (Å²) in [6.07, 6.45) is 5.70. The zero-order valence-corrected chi connectivity index (χ0v) is 28.8. The summed E-state index contributed by atoms with van der Waals surface area (Å²) in [7, 11) is 1.50. The molecule has 7 atom stereocenters. The van der Waals surface area contributed by atoms with Crippen molar-refractivity contribution in [3.8, 4) is 0 Å². The number of aliphatic hydroxyl groups excluding tert-OH is 1. The fourth-order valence-corrected chi connectivity index (χ4v) is 7.90. The summed E-state index contributed by atoms with van der Waals surface area (Å²) in [6, 6.07) is 14.9. The number of anilines is 2. The number of likely N-dealkylation sites (tertiary alicyclic amines) is 1. The lowest BCUT2D eigenvalue weighted by Crippen LogP contribution is -2.55. The Kier molecular flexibility index (Phi) is 10.7. The van der Waals surface area contributed by atoms with Crippen molar-refractivity contribution in [3.63, 3.8) is 0 Å². The Labute approximate surface area is 292 Å². The van der Waals surface area contributed by atoms with Crippen LogP contribution in [-0.2, 0) is 33.4 Å². The number of aliphatic hydroxyl groups is 1. The average Bonchev–Trinajstić information content (AvgIpc) is 3.50. The number of hydrogen-bond acceptors (Lipinski definition) is 9. The van der Waals surface area contributed by atoms with Gasteiger partial charge in [-0.3, -0.25) is 19.2 Å². The number of allylic oxidation sites excluding steroid dienone is 1. The number of nitrogens with zero attached hydrogens (tertiary/aromatic N) is 3. The van der Waals surface area contributed by atoms with Crippen molar-refractivity contribution < 1.29 is 38.5 Å². The lowest BCUT2D eigenvalue weighted by atomic mass is 9.77. The minimum atomic E-state index is -1.51. The molecule has 6 rings (SSSR count). The molecule has 0 radical (unpaired) electrons. The quantitative estimate of drug-likeness (QED) is 0.301. The van der Waals surface area contributed by atoms with Crippen molar-refractivity contribution in [2.24, 2.45) is 11.8 Å². The number of carbonyl (C=O) groups excluding carboxylic acids is 4. The SMILES string of the molecule is CCN(CC)c1ccc(N2CC=C[C@@]34O[C@H]5/C=C\CCC(=O)N[C@@H](COC)[C@H](c6ccccc6)OC(=O)[C@H]5[C@@H]3C(=O)N(CCO)[C@H]4C2=O)cc1. The molecule has 0 saturated carbocycles. The molecule has 3 amide bonds. The number of ether oxygens (including phenoxy) is 3. The third-order valence-electron chi connectivity index (χ3n) is 10.2. The fraction of sp³-hybridized carbons (Fsp3) is 0.474. The normalized spacial score (nSPS) is 30.3. The number of fused-ring (bicyclic) bond motifs is 2. The first-order chi connectivity index (χ1) is 24.3. The number of benzene rings is 2. The van der Waals surface area contributed by atoms with Crippen LogP contribution >= 0.6 is 0 Å². The number of amides is 3. The van der Waals surface area contributed by atoms with Crippen LogP contribution in [0.3, 0.4) is 0 Å². The van der Waals surface area contributed by atoms with Crippen molar-refractivity contribution in [2.75, 3.05) is 56.3 Å². The number of esters is 1. The molecular weight excluding hydrogens is 640 g/mol. The largest absolute Gasteiger partial charge is 0.455 e. The number of nitrogens with one attached hydrogen (secondary N) is 1. The first-order valence-electron chi connectivity index (χ1n) is 17.4. The maximum Gasteiger partial charge on any atom is 0.313 e. The van der Waals surface area contributed by atoms with Gasteiger partial charge >= 0.3 is 5.97 Å². The summed E-state index contributed by atoms with van der Waals surface area (Å²) in [5, 5.41) is 13.1. The van der Waals surface area contributed by atoms with Crippen molar-refractivity contribution in [1.29, 1.82) is 0 Å². The highest BCUT2D eigenvalue weighted by molar-refractivity contribution is 6.05. The molecule has 2 fully saturated rings. The van der Waals surface area contributed by atoms with Gasteiger partial charge in [0, 0.05) is 51.1 Å². The lowest BCUT2D eigenvalue weighted by Gasteiger charge is -2.35. The topological polar surface area (TPSA) is 138 Å². The lowest BCUT2D eigenvalue weighted by molar-refractivity contribution is -0.162. The Morgan fingerprint density at radius 1 is 1.00 bits per heavy atom. The highest BCUT2D eigenvalue weighted by Gasteiger charge is 2.71. The van der Waals surface area contributed by atoms with Gasteiger partial charge in [0.15, 0.2) is 0 Å². The van der Waals surface area contributed by atoms with E-state index in [-0.39, 0.29) is 44.5 Å². The first kappa shape index (κ1) is 35.3. The van der Waals surface area contributed by atoms with E-state index in [4.69, 9.17) is 14.2 Å². The zero-order valence-electron chi connectivity index (χ0n) is 28.8. The predicted molar refractivity (Wildman–Crippen MR) is 186 cm³/mol. The van der Waals surface area contributed by atoms with Gasteiger partial charge < -0.3 is 39.3 Å². The molecule has 50 heavy (non-hydrogen) atoms. The Morgan fingerprint density at radius 2 is 1.74 bits per heavy atom. The van der Waals surface area contributed by atoms with E-state index in [0.29, 0.717) is 17.7 Å². The predicted octanol–water partition coefficient (Wildman–Crippen LogP) is 2.77. The molecule has 0 aromatic heterocycles. The van der Waals surface area contributed by atoms with Gasteiger partial charge in [-0.25, -0.2) is 0 Å². The molecule has 2 N–H and O–H groups in total. The van der Waals surface area contributed by atoms with E-state index in [9.17, 15) is 24.3 Å². The van der Waals surface area contributed by atoms with E-state index in [1.807, 2.05) is 48.5 Å². The fourth-order valence-electron chi connectivity index (χ4n) is 7.90. The zero-order chi connectivity index (χ0) is 35.4. The van der Waals surface area contributed by atoms with Crippen LogP contribution < -0.4 is 15.1 Å². The maximum absolute atomic E-state index is 14.7. The van der Waals surface area contributed by atoms with E-state index >= 15 is 0 Å². The molecule has 12 nitrogen and oxygen atoms in total. The highest BCUT2D eigenvalue weighted by atomic mass is 16.6. The second kappa shape index (κ2) is 15.2. The Morgan fingerprint density at radius 3 is 2.42 bits per heavy atom. The molecule has 2 aromatic rings. The molecule has 0 bridgehead atoms. The average molecular weight is 687 g/mol. The molecule has 2 aromatic carbocycles. The van der Waals surface area contributed by atoms with Crippen molar-refractivity contribution in [1.82, 2.24) is 10.2 Å². The summed E-state index contributed by atoms with van der Waals surface area (Å²) in [5.74, 6) is -4.00. The second-order valence-corrected chi connectivity index (χ2v) is 13.0. The van der Waals surface area contributed by atoms with Crippen molar-refractivity contribution >= 4 is 35.1 Å². The van der Waals surface area contributed by atoms with Crippen LogP contribution in [0, 0.1) is 11.8 Å². The van der Waals surface area contributed by atoms with Gasteiger partial charge in [0.05, 0.1) is 31.3 Å². The maximum atomic E-state index is 14.7. The van der Waals surface area contributed by atoms with Gasteiger partial charge in [0.25, 0.3) is 5.91 Å². The minimum Gasteiger partial charge on any atom is -0.455 e. The number of β-amino-alcohol motifs (C(OH)–C–C–N with tert-alkyl or cyclic N) is 1. The second-order valence-electron chi connectivity index (χ2n) is 13.0. The summed E-state index contributed by atoms with van der Waals surface area (Å²) in [6.45, 7) is 5.64. The molecule has 4 heterocycles. The van der Waals surface area contributed by atoms with Gasteiger partial charge in [0.1, 0.15) is 23.7 Å². The molecule has 266 valence electrons. The molecule has 2 saturated heterocycles. The van der Waals surface area contributed by atoms with Crippen LogP contribution in [0.2, 0.25) is 0 Å². The number of methoxy groups -OCH3 is 1. The molecular formula is C38H46N4O8. The standard InChI is InChI=1S/C38H46N4O8/c1-4-40(5-2)26-16-18-27(19-17-26)41-21-11-20-38-32(35(45)42(22-23-43)34(38)36(41)46)31-29(50-38)14-9-10-15-30(44)39-28(24-48-3)33(49-37(31)47)25-12-7-6-8-13-25/h6-9,11-14,16-20,28-29,31-34,43H,4-5,10,15,21-24H2,1-3H3,(H,39,44)/b14-9-/t28-,29-,31+,32+,33-,34-,38+/m0/s1. The van der Waals surface area contributed by atoms with Gasteiger partial charge in [-0.15, -0.1) is 0 Å². The Bertz CT molecular complexity index is 1610. The number of hydrogen-bond donors (Lipinski definition) is 2. The molecule has 1 spiro atoms. The van der Waals surface area contributed by atoms with Gasteiger partial charge in [0.2, 0.25) is 11.8 Å². The third-order valence-corrected chi connectivity index (χ3v) is 10.2. The van der Waals surface area contributed by atoms with E-state index in [2.05, 4.69) is 24.1 Å². The summed E-state index contributed by atoms with van der Waals surface area (Å²) in [5.41, 5.74) is 0.818. The third kappa shape index (κ3) is 6.43. The molecule has 0 aliphatic carbocycles. The summed E-state index contributed by atoms with van der Waals surface area (Å²) in [4.78, 5) is 61.8. The van der Waals surface area contributed by atoms with E-state index in [1.165, 1.54) is 12.0 Å². The van der Waals surface area contributed by atoms with Crippen molar-refractivity contribution in [3.05, 3.63) is 84.5 Å². The van der Waals surface area contributed by atoms with E-state index < -0.39 is 53.6 Å². The molecule has 0 unspecified atom stereocenters. The molecule has 12 heteroatoms. The van der Waals surface area contributed by atoms with Crippen LogP contribution in [0.1, 0.15) is 38.4 Å². The minimum absolute atomic E-state index is 0.0701. The summed E-state index contributed by atoms with van der Waals surface area (Å²) < 4.78 is 18.5. The van der Waals surface area contributed by atoms with Crippen LogP contribution in [0.5, 0.6) is 0 Å². The Balaban J connectivity index is 1.40. The molecule has 4 aliphatic rings. The number of rotatable bonds is 9. The van der Waals surface area contributed by atoms with Gasteiger partial charge in [-0.05, 0) is 50.1 Å². The van der Waals surface area contributed by atoms with E-state index in [0.717, 1.165) is 18.8 Å². The van der Waals surface area contributed by atoms with Crippen LogP contribution in [0.4, 0.5) is 11.4 Å². The van der Waals surface area contributed by atoms with Crippen molar-refractivity contribution in [2.45, 2.75) is 56.6 Å². The van der Waals surface area contributed by atoms with Gasteiger partial charge in [-0.1, -0.05) is 54.6 Å². The van der Waals surface area contributed by atoms with E-state index in [1.54, 1.807) is 35.3 Å². The van der Waals surface area contributed by atoms with Crippen LogP contribution in [0.25, 0.3) is 0 Å². The smallest absolute Gasteiger partial charge is 0.313 e.